The van der Waals surface area contributed by atoms with Crippen LogP contribution >= 0.6 is 0 Å². The van der Waals surface area contributed by atoms with Crippen LogP contribution in [0.5, 0.6) is 0 Å². The number of likely N-dealkylation sites (tertiary alicyclic amines) is 1. The van der Waals surface area contributed by atoms with Crippen LogP contribution in [0.2, 0.25) is 0 Å². The zero-order chi connectivity index (χ0) is 13.0. The zero-order valence-electron chi connectivity index (χ0n) is 12.3. The molecule has 0 amide bonds. The lowest BCUT2D eigenvalue weighted by atomic mass is 9.82. The first-order valence-corrected chi connectivity index (χ1v) is 7.83. The molecule has 1 saturated carbocycles. The van der Waals surface area contributed by atoms with E-state index in [4.69, 9.17) is 5.73 Å². The fourth-order valence-corrected chi connectivity index (χ4v) is 3.86. The third-order valence-electron chi connectivity index (χ3n) is 5.06. The first-order chi connectivity index (χ1) is 8.72. The summed E-state index contributed by atoms with van der Waals surface area (Å²) in [5, 5.41) is 0. The number of hydrogen-bond donors (Lipinski definition) is 1. The van der Waals surface area contributed by atoms with E-state index in [1.54, 1.807) is 0 Å². The second kappa shape index (κ2) is 6.88. The summed E-state index contributed by atoms with van der Waals surface area (Å²) in [5.74, 6) is 0.865. The van der Waals surface area contributed by atoms with Gasteiger partial charge in [-0.05, 0) is 52.2 Å². The first-order valence-electron chi connectivity index (χ1n) is 7.83. The Morgan fingerprint density at radius 1 is 1.11 bits per heavy atom. The molecule has 0 aromatic heterocycles. The van der Waals surface area contributed by atoms with Crippen LogP contribution in [0.1, 0.15) is 44.9 Å². The minimum atomic E-state index is 0.646. The van der Waals surface area contributed by atoms with Crippen LogP contribution in [-0.2, 0) is 0 Å². The lowest BCUT2D eigenvalue weighted by Crippen LogP contribution is -2.54. The topological polar surface area (TPSA) is 32.5 Å². The van der Waals surface area contributed by atoms with Crippen LogP contribution in [-0.4, -0.2) is 55.6 Å². The van der Waals surface area contributed by atoms with E-state index in [0.29, 0.717) is 6.04 Å². The number of likely N-dealkylation sites (N-methyl/N-ethyl adjacent to an activating group) is 1. The predicted molar refractivity (Wildman–Crippen MR) is 77.7 cm³/mol. The third-order valence-corrected chi connectivity index (χ3v) is 5.06. The molecule has 1 aliphatic carbocycles. The summed E-state index contributed by atoms with van der Waals surface area (Å²) in [6.45, 7) is 3.35. The van der Waals surface area contributed by atoms with E-state index >= 15 is 0 Å². The Kier molecular flexibility index (Phi) is 5.46. The van der Waals surface area contributed by atoms with Gasteiger partial charge in [0, 0.05) is 25.2 Å². The summed E-state index contributed by atoms with van der Waals surface area (Å²) in [6, 6.07) is 1.38. The van der Waals surface area contributed by atoms with E-state index in [2.05, 4.69) is 23.9 Å². The monoisotopic (exact) mass is 253 g/mol. The number of nitrogens with two attached hydrogens (primary N) is 1. The van der Waals surface area contributed by atoms with Gasteiger partial charge in [-0.3, -0.25) is 4.90 Å². The molecule has 0 aromatic rings. The maximum Gasteiger partial charge on any atom is 0.0247 e. The van der Waals surface area contributed by atoms with Crippen molar-refractivity contribution in [3.05, 3.63) is 0 Å². The fourth-order valence-electron chi connectivity index (χ4n) is 3.86. The number of rotatable bonds is 4. The van der Waals surface area contributed by atoms with Crippen molar-refractivity contribution in [3.63, 3.8) is 0 Å². The van der Waals surface area contributed by atoms with E-state index < -0.39 is 0 Å². The zero-order valence-corrected chi connectivity index (χ0v) is 12.3. The van der Waals surface area contributed by atoms with Gasteiger partial charge in [0.05, 0.1) is 0 Å². The molecule has 2 rings (SSSR count). The summed E-state index contributed by atoms with van der Waals surface area (Å²) >= 11 is 0. The van der Waals surface area contributed by atoms with Crippen LogP contribution in [0, 0.1) is 5.92 Å². The molecule has 2 fully saturated rings. The van der Waals surface area contributed by atoms with Gasteiger partial charge < -0.3 is 10.6 Å². The molecule has 1 heterocycles. The molecule has 2 N–H and O–H groups in total. The Morgan fingerprint density at radius 2 is 1.83 bits per heavy atom. The van der Waals surface area contributed by atoms with Gasteiger partial charge in [-0.15, -0.1) is 0 Å². The first kappa shape index (κ1) is 14.3. The van der Waals surface area contributed by atoms with E-state index in [-0.39, 0.29) is 0 Å². The lowest BCUT2D eigenvalue weighted by molar-refractivity contribution is 0.0614. The van der Waals surface area contributed by atoms with Gasteiger partial charge in [-0.1, -0.05) is 19.3 Å². The van der Waals surface area contributed by atoms with Crippen molar-refractivity contribution in [2.75, 3.05) is 33.7 Å². The molecular weight excluding hydrogens is 222 g/mol. The van der Waals surface area contributed by atoms with E-state index in [1.807, 2.05) is 0 Å². The molecule has 18 heavy (non-hydrogen) atoms. The summed E-state index contributed by atoms with van der Waals surface area (Å²) in [7, 11) is 4.43. The number of hydrogen-bond acceptors (Lipinski definition) is 3. The minimum Gasteiger partial charge on any atom is -0.329 e. The summed E-state index contributed by atoms with van der Waals surface area (Å²) in [6.07, 6.45) is 9.79. The maximum absolute atomic E-state index is 6.10. The third kappa shape index (κ3) is 3.46. The SMILES string of the molecule is CN(C)C1CCCN(C(CN)C2CCCCC2)C1. The molecule has 3 nitrogen and oxygen atoms in total. The van der Waals surface area contributed by atoms with Crippen molar-refractivity contribution >= 4 is 0 Å². The van der Waals surface area contributed by atoms with Crippen molar-refractivity contribution in [1.29, 1.82) is 0 Å². The fraction of sp³-hybridized carbons (Fsp3) is 1.00. The Bertz CT molecular complexity index is 236. The average Bonchev–Trinajstić information content (AvgIpc) is 2.41. The molecule has 0 bridgehead atoms. The van der Waals surface area contributed by atoms with Crippen LogP contribution in [0.15, 0.2) is 0 Å². The summed E-state index contributed by atoms with van der Waals surface area (Å²) in [4.78, 5) is 5.09. The highest BCUT2D eigenvalue weighted by Gasteiger charge is 2.31. The van der Waals surface area contributed by atoms with Gasteiger partial charge in [0.25, 0.3) is 0 Å². The minimum absolute atomic E-state index is 0.646. The van der Waals surface area contributed by atoms with Crippen LogP contribution in [0.3, 0.4) is 0 Å². The lowest BCUT2D eigenvalue weighted by Gasteiger charge is -2.44. The molecule has 2 unspecified atom stereocenters. The second-order valence-corrected chi connectivity index (χ2v) is 6.46. The van der Waals surface area contributed by atoms with Crippen molar-refractivity contribution in [3.8, 4) is 0 Å². The van der Waals surface area contributed by atoms with Crippen molar-refractivity contribution < 1.29 is 0 Å². The van der Waals surface area contributed by atoms with Gasteiger partial charge in [-0.2, -0.15) is 0 Å². The van der Waals surface area contributed by atoms with Crippen LogP contribution in [0.25, 0.3) is 0 Å². The molecule has 3 heteroatoms. The molecule has 106 valence electrons. The number of piperidine rings is 1. The molecular formula is C15H31N3. The van der Waals surface area contributed by atoms with Gasteiger partial charge in [0.2, 0.25) is 0 Å². The normalized spacial score (nSPS) is 29.7. The molecule has 2 atom stereocenters. The summed E-state index contributed by atoms with van der Waals surface area (Å²) in [5.41, 5.74) is 6.10. The van der Waals surface area contributed by atoms with E-state index in [9.17, 15) is 0 Å². The highest BCUT2D eigenvalue weighted by Crippen LogP contribution is 2.30. The number of nitrogens with zero attached hydrogens (tertiary/aromatic N) is 2. The van der Waals surface area contributed by atoms with Crippen molar-refractivity contribution in [2.24, 2.45) is 11.7 Å². The van der Waals surface area contributed by atoms with Gasteiger partial charge >= 0.3 is 0 Å². The van der Waals surface area contributed by atoms with Gasteiger partial charge in [0.15, 0.2) is 0 Å². The average molecular weight is 253 g/mol. The summed E-state index contributed by atoms with van der Waals surface area (Å²) < 4.78 is 0. The van der Waals surface area contributed by atoms with Crippen LogP contribution in [0.4, 0.5) is 0 Å². The Morgan fingerprint density at radius 3 is 2.44 bits per heavy atom. The maximum atomic E-state index is 6.10. The van der Waals surface area contributed by atoms with E-state index in [0.717, 1.165) is 18.5 Å². The van der Waals surface area contributed by atoms with Gasteiger partial charge in [-0.25, -0.2) is 0 Å². The van der Waals surface area contributed by atoms with Gasteiger partial charge in [0.1, 0.15) is 0 Å². The van der Waals surface area contributed by atoms with Crippen molar-refractivity contribution in [1.82, 2.24) is 9.80 Å². The molecule has 1 aliphatic heterocycles. The van der Waals surface area contributed by atoms with Crippen molar-refractivity contribution in [2.45, 2.75) is 57.0 Å². The standard InChI is InChI=1S/C15H31N3/c1-17(2)14-9-6-10-18(12-14)15(11-16)13-7-4-3-5-8-13/h13-15H,3-12,16H2,1-2H3. The molecule has 0 radical (unpaired) electrons. The smallest absolute Gasteiger partial charge is 0.0247 e. The largest absolute Gasteiger partial charge is 0.329 e. The molecule has 1 saturated heterocycles. The molecule has 0 spiro atoms. The Labute approximate surface area is 113 Å². The van der Waals surface area contributed by atoms with Crippen LogP contribution < -0.4 is 5.73 Å². The highest BCUT2D eigenvalue weighted by atomic mass is 15.2. The second-order valence-electron chi connectivity index (χ2n) is 6.46. The predicted octanol–water partition coefficient (Wildman–Crippen LogP) is 1.92. The Balaban J connectivity index is 1.93. The molecule has 0 aromatic carbocycles. The Hall–Kier alpha value is -0.120. The highest BCUT2D eigenvalue weighted by molar-refractivity contribution is 4.87. The molecule has 2 aliphatic rings. The quantitative estimate of drug-likeness (QED) is 0.831. The van der Waals surface area contributed by atoms with E-state index in [1.165, 1.54) is 58.0 Å².